The first-order chi connectivity index (χ1) is 6.78. The van der Waals surface area contributed by atoms with Gasteiger partial charge in [0.1, 0.15) is 0 Å². The number of benzene rings is 1. The van der Waals surface area contributed by atoms with Crippen molar-refractivity contribution in [3.8, 4) is 37.0 Å². The monoisotopic (exact) mass is 178 g/mol. The molecule has 14 heavy (non-hydrogen) atoms. The lowest BCUT2D eigenvalue weighted by Crippen LogP contribution is -1.95. The molecule has 64 valence electrons. The molecule has 0 bridgehead atoms. The maximum Gasteiger partial charge on any atom is 0.151 e. The topological polar surface area (TPSA) is 17.1 Å². The van der Waals surface area contributed by atoms with E-state index < -0.39 is 0 Å². The molecule has 0 aliphatic carbocycles. The average Bonchev–Trinajstić information content (AvgIpc) is 2.26. The van der Waals surface area contributed by atoms with Crippen molar-refractivity contribution in [1.29, 1.82) is 0 Å². The van der Waals surface area contributed by atoms with Gasteiger partial charge in [0.05, 0.1) is 11.1 Å². The number of carbonyl (C=O) groups is 1. The summed E-state index contributed by atoms with van der Waals surface area (Å²) in [5, 5.41) is 0. The number of hydrogen-bond donors (Lipinski definition) is 0. The van der Waals surface area contributed by atoms with E-state index in [0.717, 1.165) is 0 Å². The largest absolute Gasteiger partial charge is 0.298 e. The second-order valence-electron chi connectivity index (χ2n) is 2.50. The molecule has 0 N–H and O–H groups in total. The summed E-state index contributed by atoms with van der Waals surface area (Å²) in [6.07, 6.45) is 16.4. The van der Waals surface area contributed by atoms with Gasteiger partial charge in [-0.1, -0.05) is 17.8 Å². The van der Waals surface area contributed by atoms with Gasteiger partial charge < -0.3 is 0 Å². The molecule has 1 nitrogen and oxygen atoms in total. The van der Waals surface area contributed by atoms with E-state index in [9.17, 15) is 4.79 Å². The fourth-order valence-corrected chi connectivity index (χ4v) is 1.14. The number of hydrogen-bond acceptors (Lipinski definition) is 1. The Bertz CT molecular complexity index is 502. The summed E-state index contributed by atoms with van der Waals surface area (Å²) >= 11 is 0. The van der Waals surface area contributed by atoms with Crippen LogP contribution in [-0.4, -0.2) is 6.29 Å². The van der Waals surface area contributed by atoms with Gasteiger partial charge in [-0.25, -0.2) is 0 Å². The molecule has 0 heterocycles. The van der Waals surface area contributed by atoms with Gasteiger partial charge >= 0.3 is 0 Å². The number of aldehydes is 1. The normalized spacial score (nSPS) is 8.07. The standard InChI is InChI=1S/C13H6O/c1-4-10-7-8-11(9-14)13(6-3)12(10)5-2/h1-3,7-9H. The molecule has 1 rings (SSSR count). The first kappa shape index (κ1) is 9.66. The molecule has 0 aliphatic rings. The predicted octanol–water partition coefficient (Wildman–Crippen LogP) is 1.44. The third-order valence-electron chi connectivity index (χ3n) is 1.81. The first-order valence-electron chi connectivity index (χ1n) is 3.80. The summed E-state index contributed by atoms with van der Waals surface area (Å²) in [7, 11) is 0. The van der Waals surface area contributed by atoms with Crippen molar-refractivity contribution in [3.05, 3.63) is 34.4 Å². The minimum Gasteiger partial charge on any atom is -0.298 e. The van der Waals surface area contributed by atoms with Crippen molar-refractivity contribution in [1.82, 2.24) is 0 Å². The molecular weight excluding hydrogens is 172 g/mol. The lowest BCUT2D eigenvalue weighted by Gasteiger charge is -2.03. The maximum absolute atomic E-state index is 10.6. The Hall–Kier alpha value is -2.43. The summed E-state index contributed by atoms with van der Waals surface area (Å²) in [4.78, 5) is 10.6. The fraction of sp³-hybridized carbons (Fsp3) is 0. The van der Waals surface area contributed by atoms with Crippen LogP contribution in [0.2, 0.25) is 0 Å². The zero-order valence-corrected chi connectivity index (χ0v) is 7.37. The Morgan fingerprint density at radius 2 is 1.64 bits per heavy atom. The van der Waals surface area contributed by atoms with Crippen molar-refractivity contribution < 1.29 is 4.79 Å². The van der Waals surface area contributed by atoms with Gasteiger partial charge in [-0.05, 0) is 12.1 Å². The smallest absolute Gasteiger partial charge is 0.151 e. The van der Waals surface area contributed by atoms with Crippen LogP contribution in [0.25, 0.3) is 0 Å². The van der Waals surface area contributed by atoms with Gasteiger partial charge in [-0.2, -0.15) is 0 Å². The van der Waals surface area contributed by atoms with Crippen LogP contribution in [-0.2, 0) is 0 Å². The maximum atomic E-state index is 10.6. The molecule has 0 spiro atoms. The molecule has 0 aromatic heterocycles. The third kappa shape index (κ3) is 1.38. The minimum atomic E-state index is 0.387. The van der Waals surface area contributed by atoms with Gasteiger partial charge in [-0.15, -0.1) is 19.3 Å². The van der Waals surface area contributed by atoms with Gasteiger partial charge in [-0.3, -0.25) is 4.79 Å². The summed E-state index contributed by atoms with van der Waals surface area (Å²) in [5.41, 5.74) is 1.74. The Labute approximate surface area is 83.1 Å². The SMILES string of the molecule is C#Cc1ccc(C=O)c(C#C)c1C#C. The second kappa shape index (κ2) is 3.99. The highest BCUT2D eigenvalue weighted by atomic mass is 16.1. The molecule has 0 amide bonds. The number of terminal acetylenes is 3. The average molecular weight is 178 g/mol. The van der Waals surface area contributed by atoms with Gasteiger partial charge in [0.15, 0.2) is 6.29 Å². The van der Waals surface area contributed by atoms with Crippen LogP contribution in [0.5, 0.6) is 0 Å². The van der Waals surface area contributed by atoms with E-state index in [4.69, 9.17) is 19.3 Å². The van der Waals surface area contributed by atoms with Crippen molar-refractivity contribution in [2.24, 2.45) is 0 Å². The second-order valence-corrected chi connectivity index (χ2v) is 2.50. The van der Waals surface area contributed by atoms with E-state index in [2.05, 4.69) is 17.8 Å². The Kier molecular flexibility index (Phi) is 2.75. The van der Waals surface area contributed by atoms with Gasteiger partial charge in [0, 0.05) is 11.1 Å². The molecule has 0 saturated heterocycles. The molecule has 1 heteroatoms. The summed E-state index contributed by atoms with van der Waals surface area (Å²) in [6, 6.07) is 3.18. The van der Waals surface area contributed by atoms with Crippen LogP contribution < -0.4 is 0 Å². The third-order valence-corrected chi connectivity index (χ3v) is 1.81. The zero-order valence-electron chi connectivity index (χ0n) is 7.37. The van der Waals surface area contributed by atoms with Gasteiger partial charge in [0.25, 0.3) is 0 Å². The van der Waals surface area contributed by atoms with E-state index in [0.29, 0.717) is 28.5 Å². The molecule has 0 radical (unpaired) electrons. The quantitative estimate of drug-likeness (QED) is 0.470. The van der Waals surface area contributed by atoms with Crippen molar-refractivity contribution in [2.45, 2.75) is 0 Å². The van der Waals surface area contributed by atoms with E-state index >= 15 is 0 Å². The Morgan fingerprint density at radius 3 is 2.07 bits per heavy atom. The van der Waals surface area contributed by atoms with Crippen LogP contribution in [0.4, 0.5) is 0 Å². The summed E-state index contributed by atoms with van der Waals surface area (Å²) in [5.74, 6) is 7.19. The summed E-state index contributed by atoms with van der Waals surface area (Å²) < 4.78 is 0. The molecule has 0 aliphatic heterocycles. The van der Waals surface area contributed by atoms with Crippen molar-refractivity contribution in [2.75, 3.05) is 0 Å². The Morgan fingerprint density at radius 1 is 1.00 bits per heavy atom. The molecule has 1 aromatic carbocycles. The van der Waals surface area contributed by atoms with Crippen LogP contribution in [0.15, 0.2) is 12.1 Å². The van der Waals surface area contributed by atoms with E-state index in [-0.39, 0.29) is 0 Å². The molecule has 0 unspecified atom stereocenters. The van der Waals surface area contributed by atoms with E-state index in [1.807, 2.05) is 0 Å². The highest BCUT2D eigenvalue weighted by Gasteiger charge is 2.07. The molecular formula is C13H6O. The Balaban J connectivity index is 3.67. The molecule has 1 aromatic rings. The van der Waals surface area contributed by atoms with Crippen LogP contribution >= 0.6 is 0 Å². The molecule has 0 fully saturated rings. The number of carbonyl (C=O) groups excluding carboxylic acids is 1. The fourth-order valence-electron chi connectivity index (χ4n) is 1.14. The minimum absolute atomic E-state index is 0.387. The van der Waals surface area contributed by atoms with Gasteiger partial charge in [0.2, 0.25) is 0 Å². The lowest BCUT2D eigenvalue weighted by atomic mass is 9.97. The molecule has 0 saturated carbocycles. The van der Waals surface area contributed by atoms with Crippen molar-refractivity contribution >= 4 is 6.29 Å². The molecule has 0 atom stereocenters. The first-order valence-corrected chi connectivity index (χ1v) is 3.80. The highest BCUT2D eigenvalue weighted by Crippen LogP contribution is 2.15. The summed E-state index contributed by atoms with van der Waals surface area (Å²) in [6.45, 7) is 0. The van der Waals surface area contributed by atoms with Crippen LogP contribution in [0.1, 0.15) is 27.0 Å². The zero-order chi connectivity index (χ0) is 10.6. The van der Waals surface area contributed by atoms with Crippen LogP contribution in [0.3, 0.4) is 0 Å². The van der Waals surface area contributed by atoms with Crippen molar-refractivity contribution in [3.63, 3.8) is 0 Å². The predicted molar refractivity (Wildman–Crippen MR) is 55.6 cm³/mol. The van der Waals surface area contributed by atoms with E-state index in [1.54, 1.807) is 12.1 Å². The number of rotatable bonds is 1. The van der Waals surface area contributed by atoms with Crippen LogP contribution in [0, 0.1) is 37.0 Å². The lowest BCUT2D eigenvalue weighted by molar-refractivity contribution is 0.112. The highest BCUT2D eigenvalue weighted by molar-refractivity contribution is 5.82. The van der Waals surface area contributed by atoms with E-state index in [1.165, 1.54) is 0 Å².